The third kappa shape index (κ3) is 2.41. The molecule has 0 saturated carbocycles. The highest BCUT2D eigenvalue weighted by Crippen LogP contribution is 2.10. The molecule has 13 heavy (non-hydrogen) atoms. The topological polar surface area (TPSA) is 94.1 Å². The first kappa shape index (κ1) is 9.46. The lowest BCUT2D eigenvalue weighted by Gasteiger charge is -1.97. The van der Waals surface area contributed by atoms with Gasteiger partial charge in [-0.1, -0.05) is 18.2 Å². The minimum atomic E-state index is -3.86. The van der Waals surface area contributed by atoms with Gasteiger partial charge in [0.05, 0.1) is 5.28 Å². The lowest BCUT2D eigenvalue weighted by molar-refractivity contribution is 0.307. The van der Waals surface area contributed by atoms with E-state index in [1.807, 2.05) is 0 Å². The van der Waals surface area contributed by atoms with E-state index in [2.05, 4.69) is 20.6 Å². The largest absolute Gasteiger partial charge is 0.360 e. The van der Waals surface area contributed by atoms with Gasteiger partial charge in [0.2, 0.25) is 0 Å². The number of nitrogens with zero attached hydrogens (tertiary/aromatic N) is 2. The molecule has 0 atom stereocenters. The highest BCUT2D eigenvalue weighted by atomic mass is 32.2. The van der Waals surface area contributed by atoms with Gasteiger partial charge in [0.25, 0.3) is 0 Å². The number of benzene rings is 1. The van der Waals surface area contributed by atoms with Crippen molar-refractivity contribution in [2.45, 2.75) is 4.90 Å². The summed E-state index contributed by atoms with van der Waals surface area (Å²) in [5.74, 6) is 4.58. The average Bonchev–Trinajstić information content (AvgIpc) is 2.16. The fourth-order valence-corrected chi connectivity index (χ4v) is 1.40. The molecule has 2 N–H and O–H groups in total. The van der Waals surface area contributed by atoms with E-state index in [0.29, 0.717) is 0 Å². The molecule has 0 bridgehead atoms. The minimum Gasteiger partial charge on any atom is -0.302 e. The second kappa shape index (κ2) is 3.85. The summed E-state index contributed by atoms with van der Waals surface area (Å²) < 4.78 is 26.4. The van der Waals surface area contributed by atoms with Crippen molar-refractivity contribution >= 4 is 10.1 Å². The summed E-state index contributed by atoms with van der Waals surface area (Å²) in [4.78, 5) is 0.00222. The monoisotopic (exact) mass is 201 g/mol. The van der Waals surface area contributed by atoms with E-state index in [-0.39, 0.29) is 4.90 Å². The molecule has 0 aromatic heterocycles. The maximum Gasteiger partial charge on any atom is 0.360 e. The standard InChI is InChI=1S/C6H7N3O3S/c7-8-9-12-13(10,11)6-4-2-1-3-5-6/h1-5H,(H2,7,9). The van der Waals surface area contributed by atoms with E-state index >= 15 is 0 Å². The van der Waals surface area contributed by atoms with Crippen LogP contribution in [-0.4, -0.2) is 8.42 Å². The molecule has 0 fully saturated rings. The third-order valence-electron chi connectivity index (χ3n) is 1.21. The van der Waals surface area contributed by atoms with Crippen molar-refractivity contribution in [1.29, 1.82) is 0 Å². The molecule has 0 radical (unpaired) electrons. The zero-order chi connectivity index (χ0) is 9.73. The Morgan fingerprint density at radius 2 is 1.85 bits per heavy atom. The van der Waals surface area contributed by atoms with E-state index in [9.17, 15) is 8.42 Å². The second-order valence-corrected chi connectivity index (χ2v) is 3.57. The molecule has 70 valence electrons. The van der Waals surface area contributed by atoms with Crippen LogP contribution in [0.15, 0.2) is 45.7 Å². The maximum absolute atomic E-state index is 11.2. The van der Waals surface area contributed by atoms with Gasteiger partial charge < -0.3 is 5.84 Å². The highest BCUT2D eigenvalue weighted by Gasteiger charge is 2.14. The Labute approximate surface area is 75.1 Å². The van der Waals surface area contributed by atoms with Crippen molar-refractivity contribution in [3.05, 3.63) is 30.3 Å². The van der Waals surface area contributed by atoms with Gasteiger partial charge in [-0.15, -0.1) is 0 Å². The Bertz CT molecular complexity index is 387. The molecule has 1 rings (SSSR count). The summed E-state index contributed by atoms with van der Waals surface area (Å²) >= 11 is 0. The molecule has 7 heteroatoms. The van der Waals surface area contributed by atoms with Crippen molar-refractivity contribution in [3.63, 3.8) is 0 Å². The number of hydrogen-bond acceptors (Lipinski definition) is 5. The Morgan fingerprint density at radius 3 is 2.38 bits per heavy atom. The smallest absolute Gasteiger partial charge is 0.302 e. The molecule has 0 heterocycles. The summed E-state index contributed by atoms with van der Waals surface area (Å²) in [7, 11) is -3.86. The van der Waals surface area contributed by atoms with Crippen LogP contribution in [0.3, 0.4) is 0 Å². The molecule has 0 amide bonds. The predicted molar refractivity (Wildman–Crippen MR) is 43.8 cm³/mol. The van der Waals surface area contributed by atoms with E-state index in [1.165, 1.54) is 12.1 Å². The first-order chi connectivity index (χ1) is 6.17. The van der Waals surface area contributed by atoms with Crippen LogP contribution in [0.2, 0.25) is 0 Å². The molecular weight excluding hydrogens is 194 g/mol. The predicted octanol–water partition coefficient (Wildman–Crippen LogP) is 0.633. The lowest BCUT2D eigenvalue weighted by atomic mass is 10.4. The van der Waals surface area contributed by atoms with Crippen molar-refractivity contribution in [2.24, 2.45) is 16.3 Å². The first-order valence-electron chi connectivity index (χ1n) is 3.26. The molecule has 0 spiro atoms. The Kier molecular flexibility index (Phi) is 2.80. The molecule has 1 aromatic carbocycles. The van der Waals surface area contributed by atoms with Gasteiger partial charge in [-0.3, -0.25) is 0 Å². The van der Waals surface area contributed by atoms with Crippen LogP contribution in [0.4, 0.5) is 0 Å². The Morgan fingerprint density at radius 1 is 1.23 bits per heavy atom. The van der Waals surface area contributed by atoms with Gasteiger partial charge in [-0.05, 0) is 17.4 Å². The molecule has 0 unspecified atom stereocenters. The van der Waals surface area contributed by atoms with Crippen molar-refractivity contribution in [3.8, 4) is 0 Å². The zero-order valence-corrected chi connectivity index (χ0v) is 7.31. The fourth-order valence-electron chi connectivity index (χ4n) is 0.693. The quantitative estimate of drug-likeness (QED) is 0.441. The van der Waals surface area contributed by atoms with Crippen LogP contribution >= 0.6 is 0 Å². The molecule has 0 aliphatic rings. The zero-order valence-electron chi connectivity index (χ0n) is 6.49. The van der Waals surface area contributed by atoms with Gasteiger partial charge in [0.15, 0.2) is 0 Å². The van der Waals surface area contributed by atoms with Crippen molar-refractivity contribution in [2.75, 3.05) is 0 Å². The van der Waals surface area contributed by atoms with Crippen LogP contribution in [0.1, 0.15) is 0 Å². The fraction of sp³-hybridized carbons (Fsp3) is 0. The molecular formula is C6H7N3O3S. The van der Waals surface area contributed by atoms with Crippen LogP contribution in [0.25, 0.3) is 0 Å². The summed E-state index contributed by atoms with van der Waals surface area (Å²) in [5.41, 5.74) is 0. The lowest BCUT2D eigenvalue weighted by Crippen LogP contribution is -2.01. The summed E-state index contributed by atoms with van der Waals surface area (Å²) in [6.07, 6.45) is 0. The maximum atomic E-state index is 11.2. The Balaban J connectivity index is 2.95. The Hall–Kier alpha value is -1.63. The summed E-state index contributed by atoms with van der Waals surface area (Å²) in [6.45, 7) is 0. The van der Waals surface area contributed by atoms with Gasteiger partial charge in [-0.2, -0.15) is 8.42 Å². The number of nitrogens with two attached hydrogens (primary N) is 1. The first-order valence-corrected chi connectivity index (χ1v) is 4.66. The molecule has 1 aromatic rings. The van der Waals surface area contributed by atoms with Crippen molar-refractivity contribution < 1.29 is 12.7 Å². The molecule has 0 aliphatic carbocycles. The molecule has 0 aliphatic heterocycles. The van der Waals surface area contributed by atoms with E-state index in [4.69, 9.17) is 0 Å². The SMILES string of the molecule is NN=NOS(=O)(=O)c1ccccc1. The van der Waals surface area contributed by atoms with Crippen molar-refractivity contribution in [1.82, 2.24) is 0 Å². The van der Waals surface area contributed by atoms with Gasteiger partial charge >= 0.3 is 10.1 Å². The second-order valence-electron chi connectivity index (χ2n) is 2.04. The van der Waals surface area contributed by atoms with Crippen LogP contribution in [0.5, 0.6) is 0 Å². The van der Waals surface area contributed by atoms with E-state index < -0.39 is 10.1 Å². The highest BCUT2D eigenvalue weighted by molar-refractivity contribution is 7.86. The minimum absolute atomic E-state index is 0.00222. The van der Waals surface area contributed by atoms with Crippen LogP contribution < -0.4 is 5.84 Å². The van der Waals surface area contributed by atoms with Crippen LogP contribution in [-0.2, 0) is 14.4 Å². The normalized spacial score (nSPS) is 11.7. The van der Waals surface area contributed by atoms with E-state index in [1.54, 1.807) is 18.2 Å². The van der Waals surface area contributed by atoms with E-state index in [0.717, 1.165) is 0 Å². The van der Waals surface area contributed by atoms with Gasteiger partial charge in [0, 0.05) is 0 Å². The van der Waals surface area contributed by atoms with Gasteiger partial charge in [-0.25, -0.2) is 4.28 Å². The summed E-state index contributed by atoms with van der Waals surface area (Å²) in [6, 6.07) is 7.57. The molecule has 6 nitrogen and oxygen atoms in total. The summed E-state index contributed by atoms with van der Waals surface area (Å²) in [5, 5.41) is 5.40. The number of rotatable bonds is 3. The third-order valence-corrected chi connectivity index (χ3v) is 2.32. The van der Waals surface area contributed by atoms with Gasteiger partial charge in [0.1, 0.15) is 4.90 Å². The average molecular weight is 201 g/mol. The number of hydrogen-bond donors (Lipinski definition) is 1. The molecule has 0 saturated heterocycles. The van der Waals surface area contributed by atoms with Crippen LogP contribution in [0, 0.1) is 0 Å².